The van der Waals surface area contributed by atoms with Gasteiger partial charge in [-0.3, -0.25) is 14.4 Å². The first-order valence-electron chi connectivity index (χ1n) is 9.21. The number of hydrogen-bond acceptors (Lipinski definition) is 6. The summed E-state index contributed by atoms with van der Waals surface area (Å²) < 4.78 is 5.04. The summed E-state index contributed by atoms with van der Waals surface area (Å²) >= 11 is 1.28. The van der Waals surface area contributed by atoms with Crippen molar-refractivity contribution in [2.75, 3.05) is 38.5 Å². The lowest BCUT2D eigenvalue weighted by atomic mass is 10.2. The molecular weight excluding hydrogens is 382 g/mol. The molecule has 28 heavy (non-hydrogen) atoms. The van der Waals surface area contributed by atoms with Gasteiger partial charge < -0.3 is 20.3 Å². The summed E-state index contributed by atoms with van der Waals surface area (Å²) in [4.78, 5) is 50.0. The molecule has 9 heteroatoms. The van der Waals surface area contributed by atoms with Crippen LogP contribution in [0.3, 0.4) is 0 Å². The summed E-state index contributed by atoms with van der Waals surface area (Å²) in [6.45, 7) is 3.16. The van der Waals surface area contributed by atoms with Gasteiger partial charge >= 0.3 is 5.97 Å². The second-order valence-electron chi connectivity index (χ2n) is 6.18. The average molecular weight is 407 g/mol. The molecule has 152 valence electrons. The largest absolute Gasteiger partial charge is 0.452 e. The Morgan fingerprint density at radius 2 is 1.79 bits per heavy atom. The minimum atomic E-state index is -0.648. The molecule has 0 aromatic heterocycles. The van der Waals surface area contributed by atoms with Crippen LogP contribution >= 0.6 is 11.8 Å². The van der Waals surface area contributed by atoms with Crippen molar-refractivity contribution < 1.29 is 23.9 Å². The van der Waals surface area contributed by atoms with Crippen molar-refractivity contribution in [3.63, 3.8) is 0 Å². The van der Waals surface area contributed by atoms with Gasteiger partial charge in [-0.2, -0.15) is 0 Å². The van der Waals surface area contributed by atoms with E-state index in [1.54, 1.807) is 31.2 Å². The number of thioether (sulfide) groups is 1. The number of rotatable bonds is 9. The summed E-state index contributed by atoms with van der Waals surface area (Å²) in [5.41, 5.74) is 0.304. The van der Waals surface area contributed by atoms with Gasteiger partial charge in [0.25, 0.3) is 5.91 Å². The Morgan fingerprint density at radius 1 is 1.07 bits per heavy atom. The van der Waals surface area contributed by atoms with Crippen LogP contribution in [0.2, 0.25) is 0 Å². The lowest BCUT2D eigenvalue weighted by molar-refractivity contribution is -0.127. The van der Waals surface area contributed by atoms with E-state index in [1.807, 2.05) is 4.90 Å². The third-order valence-electron chi connectivity index (χ3n) is 4.07. The van der Waals surface area contributed by atoms with Crippen molar-refractivity contribution in [2.45, 2.75) is 24.7 Å². The molecule has 1 heterocycles. The van der Waals surface area contributed by atoms with E-state index in [0.29, 0.717) is 17.0 Å². The topological polar surface area (TPSA) is 105 Å². The van der Waals surface area contributed by atoms with Gasteiger partial charge in [-0.25, -0.2) is 4.79 Å². The second kappa shape index (κ2) is 11.3. The van der Waals surface area contributed by atoms with E-state index < -0.39 is 18.5 Å². The van der Waals surface area contributed by atoms with Gasteiger partial charge in [0.15, 0.2) is 6.61 Å². The van der Waals surface area contributed by atoms with E-state index in [4.69, 9.17) is 4.74 Å². The van der Waals surface area contributed by atoms with Crippen molar-refractivity contribution in [1.82, 2.24) is 15.5 Å². The molecule has 0 saturated carbocycles. The molecule has 0 bridgehead atoms. The second-order valence-corrected chi connectivity index (χ2v) is 7.20. The van der Waals surface area contributed by atoms with E-state index in [1.165, 1.54) is 11.8 Å². The van der Waals surface area contributed by atoms with Crippen molar-refractivity contribution in [1.29, 1.82) is 0 Å². The summed E-state index contributed by atoms with van der Waals surface area (Å²) in [6, 6.07) is 6.81. The number of nitrogens with zero attached hydrogens (tertiary/aromatic N) is 1. The molecule has 0 radical (unpaired) electrons. The standard InChI is InChI=1S/C19H25N3O5S/c1-2-20-16(23)11-21-17(24)12-27-19(26)14-7-3-4-8-15(14)28-13-18(25)22-9-5-6-10-22/h3-4,7-8H,2,5-6,9-13H2,1H3,(H,20,23)(H,21,24). The first-order chi connectivity index (χ1) is 13.5. The average Bonchev–Trinajstić information content (AvgIpc) is 3.24. The number of likely N-dealkylation sites (N-methyl/N-ethyl adjacent to an activating group) is 1. The maximum Gasteiger partial charge on any atom is 0.339 e. The van der Waals surface area contributed by atoms with Crippen LogP contribution in [0.5, 0.6) is 0 Å². The number of benzene rings is 1. The third kappa shape index (κ3) is 6.88. The zero-order chi connectivity index (χ0) is 20.4. The Bertz CT molecular complexity index is 719. The molecule has 1 aliphatic heterocycles. The monoisotopic (exact) mass is 407 g/mol. The van der Waals surface area contributed by atoms with Gasteiger partial charge in [0, 0.05) is 24.5 Å². The van der Waals surface area contributed by atoms with Crippen molar-refractivity contribution in [3.8, 4) is 0 Å². The highest BCUT2D eigenvalue weighted by Gasteiger charge is 2.20. The number of likely N-dealkylation sites (tertiary alicyclic amines) is 1. The van der Waals surface area contributed by atoms with Gasteiger partial charge in [-0.15, -0.1) is 11.8 Å². The van der Waals surface area contributed by atoms with Crippen LogP contribution in [0.4, 0.5) is 0 Å². The molecule has 2 N–H and O–H groups in total. The SMILES string of the molecule is CCNC(=O)CNC(=O)COC(=O)c1ccccc1SCC(=O)N1CCCC1. The van der Waals surface area contributed by atoms with Gasteiger partial charge in [-0.05, 0) is 31.9 Å². The molecule has 2 rings (SSSR count). The Balaban J connectivity index is 1.83. The normalized spacial score (nSPS) is 13.1. The Kier molecular flexibility index (Phi) is 8.80. The Labute approximate surface area is 168 Å². The summed E-state index contributed by atoms with van der Waals surface area (Å²) in [5, 5.41) is 4.92. The molecule has 1 saturated heterocycles. The highest BCUT2D eigenvalue weighted by molar-refractivity contribution is 8.00. The van der Waals surface area contributed by atoms with Gasteiger partial charge in [0.1, 0.15) is 0 Å². The van der Waals surface area contributed by atoms with Crippen molar-refractivity contribution in [3.05, 3.63) is 29.8 Å². The highest BCUT2D eigenvalue weighted by atomic mass is 32.2. The predicted molar refractivity (Wildman–Crippen MR) is 105 cm³/mol. The van der Waals surface area contributed by atoms with Crippen LogP contribution in [0.25, 0.3) is 0 Å². The molecule has 1 fully saturated rings. The van der Waals surface area contributed by atoms with E-state index in [9.17, 15) is 19.2 Å². The number of carbonyl (C=O) groups is 4. The molecule has 0 spiro atoms. The van der Waals surface area contributed by atoms with Crippen LogP contribution in [-0.4, -0.2) is 67.1 Å². The summed E-state index contributed by atoms with van der Waals surface area (Å²) in [6.07, 6.45) is 2.06. The molecular formula is C19H25N3O5S. The molecule has 0 unspecified atom stereocenters. The molecule has 0 aliphatic carbocycles. The van der Waals surface area contributed by atoms with Crippen LogP contribution in [0.15, 0.2) is 29.2 Å². The fourth-order valence-corrected chi connectivity index (χ4v) is 3.60. The molecule has 3 amide bonds. The number of carbonyl (C=O) groups excluding carboxylic acids is 4. The maximum atomic E-state index is 12.3. The summed E-state index contributed by atoms with van der Waals surface area (Å²) in [7, 11) is 0. The Hall–Kier alpha value is -2.55. The fourth-order valence-electron chi connectivity index (χ4n) is 2.66. The number of amides is 3. The smallest absolute Gasteiger partial charge is 0.339 e. The van der Waals surface area contributed by atoms with Crippen molar-refractivity contribution in [2.24, 2.45) is 0 Å². The molecule has 1 aromatic rings. The lowest BCUT2D eigenvalue weighted by Crippen LogP contribution is -2.38. The number of esters is 1. The van der Waals surface area contributed by atoms with Crippen molar-refractivity contribution >= 4 is 35.5 Å². The zero-order valence-corrected chi connectivity index (χ0v) is 16.7. The van der Waals surface area contributed by atoms with Gasteiger partial charge in [0.05, 0.1) is 17.9 Å². The van der Waals surface area contributed by atoms with E-state index in [2.05, 4.69) is 10.6 Å². The fraction of sp³-hybridized carbons (Fsp3) is 0.474. The van der Waals surface area contributed by atoms with E-state index >= 15 is 0 Å². The highest BCUT2D eigenvalue weighted by Crippen LogP contribution is 2.24. The summed E-state index contributed by atoms with van der Waals surface area (Å²) in [5.74, 6) is -1.22. The van der Waals surface area contributed by atoms with Gasteiger partial charge in [0.2, 0.25) is 11.8 Å². The minimum Gasteiger partial charge on any atom is -0.452 e. The number of nitrogens with one attached hydrogen (secondary N) is 2. The van der Waals surface area contributed by atoms with E-state index in [-0.39, 0.29) is 24.1 Å². The van der Waals surface area contributed by atoms with Crippen LogP contribution < -0.4 is 10.6 Å². The lowest BCUT2D eigenvalue weighted by Gasteiger charge is -2.15. The van der Waals surface area contributed by atoms with Crippen LogP contribution in [0.1, 0.15) is 30.1 Å². The van der Waals surface area contributed by atoms with Crippen LogP contribution in [0, 0.1) is 0 Å². The Morgan fingerprint density at radius 3 is 2.50 bits per heavy atom. The number of hydrogen-bond donors (Lipinski definition) is 2. The third-order valence-corrected chi connectivity index (χ3v) is 5.13. The first kappa shape index (κ1) is 21.7. The quantitative estimate of drug-likeness (QED) is 0.464. The molecule has 1 aromatic carbocycles. The molecule has 1 aliphatic rings. The first-order valence-corrected chi connectivity index (χ1v) is 10.2. The minimum absolute atomic E-state index is 0.0513. The molecule has 8 nitrogen and oxygen atoms in total. The number of ether oxygens (including phenoxy) is 1. The zero-order valence-electron chi connectivity index (χ0n) is 15.9. The molecule has 0 atom stereocenters. The van der Waals surface area contributed by atoms with Gasteiger partial charge in [-0.1, -0.05) is 12.1 Å². The predicted octanol–water partition coefficient (Wildman–Crippen LogP) is 0.810. The van der Waals surface area contributed by atoms with Crippen LogP contribution in [-0.2, 0) is 19.1 Å². The maximum absolute atomic E-state index is 12.3. The van der Waals surface area contributed by atoms with E-state index in [0.717, 1.165) is 25.9 Å².